The van der Waals surface area contributed by atoms with E-state index in [1.165, 1.54) is 32.5 Å². The van der Waals surface area contributed by atoms with Crippen LogP contribution in [0.25, 0.3) is 10.4 Å². The highest BCUT2D eigenvalue weighted by Gasteiger charge is 2.50. The van der Waals surface area contributed by atoms with E-state index in [0.717, 1.165) is 9.37 Å². The molecular weight excluding hydrogens is 482 g/mol. The molecule has 12 heteroatoms. The van der Waals surface area contributed by atoms with Gasteiger partial charge < -0.3 is 18.9 Å². The third-order valence-corrected chi connectivity index (χ3v) is 5.54. The van der Waals surface area contributed by atoms with Crippen molar-refractivity contribution in [1.29, 1.82) is 0 Å². The van der Waals surface area contributed by atoms with Crippen molar-refractivity contribution in [3.8, 4) is 0 Å². The standard InChI is InChI=1S/C18H20BrN3O7S/c1-9(23)26-8-14-16(27-10(2)24)15(21-22-20)17(28-11(3)25)18(29-14)30-13-6-4-5-12(19)7-13/h4-7,14-18H,8H2,1-3H3/t14-,15+,16+,17-,18-/m1/s1. The van der Waals surface area contributed by atoms with Crippen LogP contribution >= 0.6 is 27.7 Å². The van der Waals surface area contributed by atoms with E-state index < -0.39 is 47.7 Å². The Hall–Kier alpha value is -2.27. The first-order valence-electron chi connectivity index (χ1n) is 8.81. The van der Waals surface area contributed by atoms with Gasteiger partial charge in [-0.2, -0.15) is 0 Å². The highest BCUT2D eigenvalue weighted by atomic mass is 79.9. The lowest BCUT2D eigenvalue weighted by Gasteiger charge is -2.43. The summed E-state index contributed by atoms with van der Waals surface area (Å²) in [5.74, 6) is -1.84. The molecule has 1 heterocycles. The molecule has 0 saturated carbocycles. The van der Waals surface area contributed by atoms with Gasteiger partial charge in [-0.05, 0) is 23.7 Å². The molecule has 1 saturated heterocycles. The maximum Gasteiger partial charge on any atom is 0.303 e. The summed E-state index contributed by atoms with van der Waals surface area (Å²) in [6, 6.07) is 6.23. The van der Waals surface area contributed by atoms with Crippen molar-refractivity contribution in [1.82, 2.24) is 0 Å². The fourth-order valence-corrected chi connectivity index (χ4v) is 4.56. The number of carbonyl (C=O) groups excluding carboxylic acids is 3. The first-order chi connectivity index (χ1) is 14.2. The molecule has 1 aromatic rings. The molecule has 0 radical (unpaired) electrons. The number of benzene rings is 1. The smallest absolute Gasteiger partial charge is 0.303 e. The summed E-state index contributed by atoms with van der Waals surface area (Å²) in [7, 11) is 0. The van der Waals surface area contributed by atoms with Crippen molar-refractivity contribution in [2.45, 2.75) is 55.5 Å². The van der Waals surface area contributed by atoms with Crippen LogP contribution in [0.5, 0.6) is 0 Å². The monoisotopic (exact) mass is 501 g/mol. The van der Waals surface area contributed by atoms with Gasteiger partial charge in [0.05, 0.1) is 0 Å². The molecule has 1 fully saturated rings. The van der Waals surface area contributed by atoms with Crippen molar-refractivity contribution in [2.75, 3.05) is 6.61 Å². The fourth-order valence-electron chi connectivity index (χ4n) is 2.84. The number of nitrogens with zero attached hydrogens (tertiary/aromatic N) is 3. The Labute approximate surface area is 185 Å². The zero-order valence-electron chi connectivity index (χ0n) is 16.4. The van der Waals surface area contributed by atoms with Gasteiger partial charge >= 0.3 is 17.9 Å². The molecule has 0 spiro atoms. The van der Waals surface area contributed by atoms with Crippen molar-refractivity contribution < 1.29 is 33.3 Å². The SMILES string of the molecule is CC(=O)OC[C@H]1O[C@H](Sc2cccc(Br)c2)[C@H](OC(C)=O)[C@@H](N=[N+]=[N-])[C@H]1OC(C)=O. The van der Waals surface area contributed by atoms with Gasteiger partial charge in [-0.3, -0.25) is 14.4 Å². The lowest BCUT2D eigenvalue weighted by molar-refractivity contribution is -0.201. The zero-order chi connectivity index (χ0) is 22.3. The van der Waals surface area contributed by atoms with Gasteiger partial charge in [-0.25, -0.2) is 0 Å². The molecule has 1 aliphatic rings. The highest BCUT2D eigenvalue weighted by molar-refractivity contribution is 9.10. The van der Waals surface area contributed by atoms with Crippen molar-refractivity contribution in [3.05, 3.63) is 39.2 Å². The van der Waals surface area contributed by atoms with E-state index in [0.29, 0.717) is 0 Å². The summed E-state index contributed by atoms with van der Waals surface area (Å²) in [4.78, 5) is 38.3. The lowest BCUT2D eigenvalue weighted by Crippen LogP contribution is -2.59. The summed E-state index contributed by atoms with van der Waals surface area (Å²) >= 11 is 4.61. The number of thioether (sulfide) groups is 1. The third-order valence-electron chi connectivity index (χ3n) is 3.91. The molecule has 0 bridgehead atoms. The molecule has 162 valence electrons. The van der Waals surface area contributed by atoms with Crippen LogP contribution in [0.2, 0.25) is 0 Å². The van der Waals surface area contributed by atoms with E-state index in [1.54, 1.807) is 0 Å². The molecular formula is C18H20BrN3O7S. The number of halogens is 1. The van der Waals surface area contributed by atoms with E-state index in [2.05, 4.69) is 26.0 Å². The first kappa shape index (κ1) is 24.0. The van der Waals surface area contributed by atoms with Gasteiger partial charge in [-0.15, -0.1) is 0 Å². The minimum atomic E-state index is -1.12. The predicted molar refractivity (Wildman–Crippen MR) is 109 cm³/mol. The van der Waals surface area contributed by atoms with E-state index in [4.69, 9.17) is 24.5 Å². The van der Waals surface area contributed by atoms with Crippen LogP contribution in [0.4, 0.5) is 0 Å². The number of ether oxygens (including phenoxy) is 4. The molecule has 0 aromatic heterocycles. The zero-order valence-corrected chi connectivity index (χ0v) is 18.8. The number of hydrogen-bond donors (Lipinski definition) is 0. The van der Waals surface area contributed by atoms with Crippen LogP contribution in [-0.2, 0) is 33.3 Å². The summed E-state index contributed by atoms with van der Waals surface area (Å²) in [5.41, 5.74) is 8.25. The lowest BCUT2D eigenvalue weighted by atomic mass is 9.97. The van der Waals surface area contributed by atoms with Crippen LogP contribution in [0.15, 0.2) is 38.7 Å². The quantitative estimate of drug-likeness (QED) is 0.182. The third kappa shape index (κ3) is 6.91. The second kappa shape index (κ2) is 11.2. The number of carbonyl (C=O) groups is 3. The summed E-state index contributed by atoms with van der Waals surface area (Å²) in [6.07, 6.45) is -3.12. The van der Waals surface area contributed by atoms with Crippen LogP contribution in [0.1, 0.15) is 20.8 Å². The van der Waals surface area contributed by atoms with Gasteiger partial charge in [0.1, 0.15) is 36.4 Å². The molecule has 2 rings (SSSR count). The van der Waals surface area contributed by atoms with Crippen molar-refractivity contribution in [3.63, 3.8) is 0 Å². The minimum absolute atomic E-state index is 0.243. The summed E-state index contributed by atoms with van der Waals surface area (Å²) < 4.78 is 22.6. The molecule has 1 aromatic carbocycles. The van der Waals surface area contributed by atoms with Crippen LogP contribution < -0.4 is 0 Å². The van der Waals surface area contributed by atoms with Crippen molar-refractivity contribution >= 4 is 45.6 Å². The Kier molecular flexibility index (Phi) is 8.97. The molecule has 1 aliphatic heterocycles. The molecule has 10 nitrogen and oxygen atoms in total. The molecule has 5 atom stereocenters. The fraction of sp³-hybridized carbons (Fsp3) is 0.500. The number of azide groups is 1. The second-order valence-corrected chi connectivity index (χ2v) is 8.35. The van der Waals surface area contributed by atoms with Gasteiger partial charge in [0, 0.05) is 35.1 Å². The summed E-state index contributed by atoms with van der Waals surface area (Å²) in [6.45, 7) is 3.37. The second-order valence-electron chi connectivity index (χ2n) is 6.26. The Morgan fingerprint density at radius 3 is 2.40 bits per heavy atom. The van der Waals surface area contributed by atoms with E-state index in [9.17, 15) is 14.4 Å². The normalized spacial score (nSPS) is 25.5. The number of esters is 3. The Morgan fingerprint density at radius 2 is 1.83 bits per heavy atom. The van der Waals surface area contributed by atoms with Crippen LogP contribution in [0, 0.1) is 0 Å². The molecule has 0 aliphatic carbocycles. The largest absolute Gasteiger partial charge is 0.463 e. The van der Waals surface area contributed by atoms with E-state index >= 15 is 0 Å². The van der Waals surface area contributed by atoms with Gasteiger partial charge in [0.25, 0.3) is 0 Å². The Balaban J connectivity index is 2.43. The molecule has 0 amide bonds. The maximum absolute atomic E-state index is 11.7. The highest BCUT2D eigenvalue weighted by Crippen LogP contribution is 2.38. The minimum Gasteiger partial charge on any atom is -0.463 e. The van der Waals surface area contributed by atoms with E-state index in [1.807, 2.05) is 24.3 Å². The average Bonchev–Trinajstić information content (AvgIpc) is 2.64. The molecule has 0 N–H and O–H groups in total. The number of hydrogen-bond acceptors (Lipinski definition) is 9. The Bertz CT molecular complexity index is 849. The predicted octanol–water partition coefficient (Wildman–Crippen LogP) is 3.37. The summed E-state index contributed by atoms with van der Waals surface area (Å²) in [5, 5.41) is 3.72. The Morgan fingerprint density at radius 1 is 1.17 bits per heavy atom. The first-order valence-corrected chi connectivity index (χ1v) is 10.5. The average molecular weight is 502 g/mol. The molecule has 0 unspecified atom stereocenters. The maximum atomic E-state index is 11.7. The van der Waals surface area contributed by atoms with Gasteiger partial charge in [-0.1, -0.05) is 38.9 Å². The molecule has 30 heavy (non-hydrogen) atoms. The van der Waals surface area contributed by atoms with E-state index in [-0.39, 0.29) is 6.61 Å². The number of rotatable bonds is 7. The van der Waals surface area contributed by atoms with Crippen molar-refractivity contribution in [2.24, 2.45) is 5.11 Å². The van der Waals surface area contributed by atoms with Gasteiger partial charge in [0.2, 0.25) is 0 Å². The van der Waals surface area contributed by atoms with Gasteiger partial charge in [0.15, 0.2) is 0 Å². The van der Waals surface area contributed by atoms with Crippen LogP contribution in [0.3, 0.4) is 0 Å². The topological polar surface area (TPSA) is 137 Å². The van der Waals surface area contributed by atoms with Crippen LogP contribution in [-0.4, -0.2) is 54.3 Å².